The van der Waals surface area contributed by atoms with Crippen LogP contribution in [0, 0.1) is 0 Å². The first-order chi connectivity index (χ1) is 10.3. The van der Waals surface area contributed by atoms with Crippen LogP contribution in [-0.2, 0) is 9.59 Å². The molecule has 0 aliphatic rings. The van der Waals surface area contributed by atoms with Gasteiger partial charge in [0.25, 0.3) is 0 Å². The van der Waals surface area contributed by atoms with Gasteiger partial charge in [-0.3, -0.25) is 9.59 Å². The molecule has 0 saturated heterocycles. The average Bonchev–Trinajstić information content (AvgIpc) is 2.48. The van der Waals surface area contributed by atoms with Gasteiger partial charge in [0.15, 0.2) is 0 Å². The first kappa shape index (κ1) is 17.5. The summed E-state index contributed by atoms with van der Waals surface area (Å²) in [7, 11) is 1.51. The van der Waals surface area contributed by atoms with Crippen molar-refractivity contribution in [2.75, 3.05) is 20.2 Å². The monoisotopic (exact) mass is 316 g/mol. The normalized spacial score (nSPS) is 11.3. The van der Waals surface area contributed by atoms with Gasteiger partial charge in [-0.2, -0.15) is 13.2 Å². The standard InChI is InChI=1S/C14H15F3N2O3/c1-22-11-4-2-3-10(7-11)5-6-12(20)18-8-13(21)19-9-14(15,16)17/h2-7H,8-9H2,1H3,(H,18,20)(H,19,21)/b6-5+. The highest BCUT2D eigenvalue weighted by Crippen LogP contribution is 2.13. The maximum absolute atomic E-state index is 11.9. The first-order valence-corrected chi connectivity index (χ1v) is 6.23. The highest BCUT2D eigenvalue weighted by Gasteiger charge is 2.27. The van der Waals surface area contributed by atoms with Gasteiger partial charge in [0.2, 0.25) is 11.8 Å². The second kappa shape index (κ2) is 8.06. The molecule has 2 amide bonds. The zero-order valence-electron chi connectivity index (χ0n) is 11.7. The molecule has 120 valence electrons. The fraction of sp³-hybridized carbons (Fsp3) is 0.286. The Kier molecular flexibility index (Phi) is 6.43. The lowest BCUT2D eigenvalue weighted by atomic mass is 10.2. The number of hydrogen-bond donors (Lipinski definition) is 2. The van der Waals surface area contributed by atoms with Crippen molar-refractivity contribution in [1.82, 2.24) is 10.6 Å². The summed E-state index contributed by atoms with van der Waals surface area (Å²) in [5.74, 6) is -0.889. The molecule has 8 heteroatoms. The van der Waals surface area contributed by atoms with E-state index in [1.54, 1.807) is 29.6 Å². The summed E-state index contributed by atoms with van der Waals surface area (Å²) in [6, 6.07) is 6.91. The number of amides is 2. The average molecular weight is 316 g/mol. The zero-order chi connectivity index (χ0) is 16.6. The summed E-state index contributed by atoms with van der Waals surface area (Å²) in [4.78, 5) is 22.5. The molecule has 1 aromatic carbocycles. The van der Waals surface area contributed by atoms with Crippen LogP contribution in [0.2, 0.25) is 0 Å². The van der Waals surface area contributed by atoms with Gasteiger partial charge in [0.05, 0.1) is 13.7 Å². The third kappa shape index (κ3) is 7.32. The number of halogens is 3. The second-order valence-electron chi connectivity index (χ2n) is 4.22. The molecule has 0 saturated carbocycles. The van der Waals surface area contributed by atoms with Crippen LogP contribution < -0.4 is 15.4 Å². The molecule has 0 unspecified atom stereocenters. The highest BCUT2D eigenvalue weighted by molar-refractivity contribution is 5.94. The number of benzene rings is 1. The van der Waals surface area contributed by atoms with Crippen LogP contribution in [-0.4, -0.2) is 38.2 Å². The summed E-state index contributed by atoms with van der Waals surface area (Å²) < 4.78 is 40.6. The molecule has 1 aromatic rings. The van der Waals surface area contributed by atoms with Crippen LogP contribution in [0.5, 0.6) is 5.75 Å². The van der Waals surface area contributed by atoms with Gasteiger partial charge in [-0.1, -0.05) is 12.1 Å². The smallest absolute Gasteiger partial charge is 0.405 e. The molecular weight excluding hydrogens is 301 g/mol. The number of rotatable bonds is 6. The molecule has 0 aliphatic heterocycles. The van der Waals surface area contributed by atoms with Crippen LogP contribution in [0.25, 0.3) is 6.08 Å². The number of nitrogens with one attached hydrogen (secondary N) is 2. The number of alkyl halides is 3. The predicted octanol–water partition coefficient (Wildman–Crippen LogP) is 1.50. The minimum atomic E-state index is -4.48. The topological polar surface area (TPSA) is 67.4 Å². The van der Waals surface area contributed by atoms with Crippen LogP contribution in [0.1, 0.15) is 5.56 Å². The van der Waals surface area contributed by atoms with Gasteiger partial charge in [-0.05, 0) is 23.8 Å². The molecular formula is C14H15F3N2O3. The fourth-order valence-corrected chi connectivity index (χ4v) is 1.40. The zero-order valence-corrected chi connectivity index (χ0v) is 11.7. The molecule has 0 aromatic heterocycles. The Morgan fingerprint density at radius 1 is 1.27 bits per heavy atom. The van der Waals surface area contributed by atoms with Crippen molar-refractivity contribution >= 4 is 17.9 Å². The predicted molar refractivity (Wildman–Crippen MR) is 74.1 cm³/mol. The number of methoxy groups -OCH3 is 1. The Bertz CT molecular complexity index is 557. The van der Waals surface area contributed by atoms with Crippen molar-refractivity contribution in [3.63, 3.8) is 0 Å². The van der Waals surface area contributed by atoms with E-state index in [0.717, 1.165) is 0 Å². The van der Waals surface area contributed by atoms with Crippen LogP contribution in [0.15, 0.2) is 30.3 Å². The molecule has 0 bridgehead atoms. The van der Waals surface area contributed by atoms with Crippen LogP contribution in [0.4, 0.5) is 13.2 Å². The summed E-state index contributed by atoms with van der Waals surface area (Å²) in [6.07, 6.45) is -1.82. The first-order valence-electron chi connectivity index (χ1n) is 6.23. The molecule has 0 spiro atoms. The lowest BCUT2D eigenvalue weighted by molar-refractivity contribution is -0.138. The van der Waals surface area contributed by atoms with Crippen molar-refractivity contribution < 1.29 is 27.5 Å². The Labute approximate surface area is 125 Å². The minimum absolute atomic E-state index is 0.530. The summed E-state index contributed by atoms with van der Waals surface area (Å²) >= 11 is 0. The largest absolute Gasteiger partial charge is 0.497 e. The molecule has 22 heavy (non-hydrogen) atoms. The van der Waals surface area contributed by atoms with E-state index in [1.165, 1.54) is 19.3 Å². The number of hydrogen-bond acceptors (Lipinski definition) is 3. The fourth-order valence-electron chi connectivity index (χ4n) is 1.40. The molecule has 5 nitrogen and oxygen atoms in total. The van der Waals surface area contributed by atoms with Crippen LogP contribution >= 0.6 is 0 Å². The highest BCUT2D eigenvalue weighted by atomic mass is 19.4. The third-order valence-electron chi connectivity index (χ3n) is 2.43. The summed E-state index contributed by atoms with van der Waals surface area (Å²) in [5, 5.41) is 3.83. The van der Waals surface area contributed by atoms with Gasteiger partial charge < -0.3 is 15.4 Å². The number of carbonyl (C=O) groups excluding carboxylic acids is 2. The Morgan fingerprint density at radius 3 is 2.64 bits per heavy atom. The van der Waals surface area contributed by atoms with E-state index < -0.39 is 31.1 Å². The number of carbonyl (C=O) groups is 2. The quantitative estimate of drug-likeness (QED) is 0.782. The van der Waals surface area contributed by atoms with E-state index >= 15 is 0 Å². The van der Waals surface area contributed by atoms with E-state index in [1.807, 2.05) is 0 Å². The molecule has 0 fully saturated rings. The Morgan fingerprint density at radius 2 is 2.00 bits per heavy atom. The molecule has 0 radical (unpaired) electrons. The lowest BCUT2D eigenvalue weighted by Gasteiger charge is -2.08. The van der Waals surface area contributed by atoms with Gasteiger partial charge in [0.1, 0.15) is 12.3 Å². The van der Waals surface area contributed by atoms with E-state index in [2.05, 4.69) is 5.32 Å². The maximum atomic E-state index is 11.9. The molecule has 1 rings (SSSR count). The van der Waals surface area contributed by atoms with Gasteiger partial charge in [-0.15, -0.1) is 0 Å². The summed E-state index contributed by atoms with van der Waals surface area (Å²) in [5.41, 5.74) is 0.705. The van der Waals surface area contributed by atoms with Crippen LogP contribution in [0.3, 0.4) is 0 Å². The van der Waals surface area contributed by atoms with Crippen molar-refractivity contribution in [3.8, 4) is 5.75 Å². The van der Waals surface area contributed by atoms with Gasteiger partial charge in [-0.25, -0.2) is 0 Å². The maximum Gasteiger partial charge on any atom is 0.405 e. The van der Waals surface area contributed by atoms with E-state index in [9.17, 15) is 22.8 Å². The van der Waals surface area contributed by atoms with Crippen molar-refractivity contribution in [3.05, 3.63) is 35.9 Å². The van der Waals surface area contributed by atoms with Crippen molar-refractivity contribution in [1.29, 1.82) is 0 Å². The van der Waals surface area contributed by atoms with E-state index in [0.29, 0.717) is 11.3 Å². The minimum Gasteiger partial charge on any atom is -0.497 e. The van der Waals surface area contributed by atoms with E-state index in [4.69, 9.17) is 4.74 Å². The molecule has 0 atom stereocenters. The van der Waals surface area contributed by atoms with Gasteiger partial charge >= 0.3 is 6.18 Å². The lowest BCUT2D eigenvalue weighted by Crippen LogP contribution is -2.40. The molecule has 0 heterocycles. The summed E-state index contributed by atoms with van der Waals surface area (Å²) in [6.45, 7) is -1.96. The second-order valence-corrected chi connectivity index (χ2v) is 4.22. The number of ether oxygens (including phenoxy) is 1. The van der Waals surface area contributed by atoms with Crippen molar-refractivity contribution in [2.45, 2.75) is 6.18 Å². The van der Waals surface area contributed by atoms with Gasteiger partial charge in [0, 0.05) is 6.08 Å². The third-order valence-corrected chi connectivity index (χ3v) is 2.43. The Hall–Kier alpha value is -2.51. The van der Waals surface area contributed by atoms with E-state index in [-0.39, 0.29) is 0 Å². The molecule has 0 aliphatic carbocycles. The van der Waals surface area contributed by atoms with Crippen molar-refractivity contribution in [2.24, 2.45) is 0 Å². The Balaban J connectivity index is 2.39. The SMILES string of the molecule is COc1cccc(/C=C/C(=O)NCC(=O)NCC(F)(F)F)c1. The molecule has 2 N–H and O–H groups in total.